The Morgan fingerprint density at radius 1 is 1.50 bits per heavy atom. The van der Waals surface area contributed by atoms with Gasteiger partial charge in [0.1, 0.15) is 0 Å². The minimum Gasteiger partial charge on any atom is -0.345 e. The SMILES string of the molecule is CCCN=C(NN)N(C)CC(C)CC. The van der Waals surface area contributed by atoms with Crippen molar-refractivity contribution in [3.05, 3.63) is 0 Å². The van der Waals surface area contributed by atoms with E-state index in [1.807, 2.05) is 7.05 Å². The van der Waals surface area contributed by atoms with Crippen LogP contribution >= 0.6 is 0 Å². The Bertz CT molecular complexity index is 168. The zero-order valence-corrected chi connectivity index (χ0v) is 9.88. The summed E-state index contributed by atoms with van der Waals surface area (Å²) in [6.45, 7) is 8.33. The molecule has 0 spiro atoms. The van der Waals surface area contributed by atoms with Crippen molar-refractivity contribution in [2.24, 2.45) is 16.8 Å². The topological polar surface area (TPSA) is 53.6 Å². The van der Waals surface area contributed by atoms with Crippen molar-refractivity contribution < 1.29 is 0 Å². The summed E-state index contributed by atoms with van der Waals surface area (Å²) in [5, 5.41) is 0. The average molecular weight is 200 g/mol. The first kappa shape index (κ1) is 13.2. The molecule has 1 atom stereocenters. The smallest absolute Gasteiger partial charge is 0.208 e. The lowest BCUT2D eigenvalue weighted by atomic mass is 10.1. The van der Waals surface area contributed by atoms with E-state index in [0.717, 1.165) is 25.5 Å². The van der Waals surface area contributed by atoms with Crippen molar-refractivity contribution in [1.82, 2.24) is 10.3 Å². The van der Waals surface area contributed by atoms with Crippen molar-refractivity contribution in [1.29, 1.82) is 0 Å². The number of nitrogens with two attached hydrogens (primary N) is 1. The summed E-state index contributed by atoms with van der Waals surface area (Å²) >= 11 is 0. The summed E-state index contributed by atoms with van der Waals surface area (Å²) < 4.78 is 0. The fraction of sp³-hybridized carbons (Fsp3) is 0.900. The molecule has 0 saturated carbocycles. The second kappa shape index (κ2) is 7.62. The molecule has 0 heterocycles. The highest BCUT2D eigenvalue weighted by atomic mass is 15.4. The Hall–Kier alpha value is -0.770. The van der Waals surface area contributed by atoms with Crippen LogP contribution in [0.1, 0.15) is 33.6 Å². The van der Waals surface area contributed by atoms with Crippen molar-refractivity contribution in [3.8, 4) is 0 Å². The Balaban J connectivity index is 4.09. The molecular weight excluding hydrogens is 176 g/mol. The van der Waals surface area contributed by atoms with Crippen molar-refractivity contribution in [2.45, 2.75) is 33.6 Å². The van der Waals surface area contributed by atoms with E-state index in [9.17, 15) is 0 Å². The zero-order valence-electron chi connectivity index (χ0n) is 9.88. The molecule has 4 nitrogen and oxygen atoms in total. The number of nitrogens with zero attached hydrogens (tertiary/aromatic N) is 2. The molecule has 0 radical (unpaired) electrons. The van der Waals surface area contributed by atoms with Crippen molar-refractivity contribution >= 4 is 5.96 Å². The largest absolute Gasteiger partial charge is 0.345 e. The van der Waals surface area contributed by atoms with Gasteiger partial charge in [-0.25, -0.2) is 5.84 Å². The molecule has 0 amide bonds. The Morgan fingerprint density at radius 2 is 2.14 bits per heavy atom. The molecule has 0 rings (SSSR count). The molecule has 0 aliphatic carbocycles. The van der Waals surface area contributed by atoms with Crippen LogP contribution in [-0.2, 0) is 0 Å². The highest BCUT2D eigenvalue weighted by Gasteiger charge is 2.07. The molecule has 0 fully saturated rings. The molecule has 0 bridgehead atoms. The van der Waals surface area contributed by atoms with Crippen LogP contribution in [0.4, 0.5) is 0 Å². The third kappa shape index (κ3) is 5.07. The lowest BCUT2D eigenvalue weighted by Gasteiger charge is -2.23. The first-order valence-corrected chi connectivity index (χ1v) is 5.37. The van der Waals surface area contributed by atoms with Crippen LogP contribution in [0.15, 0.2) is 4.99 Å². The second-order valence-electron chi connectivity index (χ2n) is 3.74. The van der Waals surface area contributed by atoms with E-state index in [-0.39, 0.29) is 0 Å². The summed E-state index contributed by atoms with van der Waals surface area (Å²) in [5.74, 6) is 6.86. The predicted molar refractivity (Wildman–Crippen MR) is 62.0 cm³/mol. The summed E-state index contributed by atoms with van der Waals surface area (Å²) in [4.78, 5) is 6.43. The number of aliphatic imine (C=N–C) groups is 1. The first-order chi connectivity index (χ1) is 6.65. The molecule has 0 aliphatic heterocycles. The van der Waals surface area contributed by atoms with Gasteiger partial charge in [-0.3, -0.25) is 10.4 Å². The molecule has 0 aromatic carbocycles. The normalized spacial score (nSPS) is 13.9. The fourth-order valence-electron chi connectivity index (χ4n) is 1.18. The zero-order chi connectivity index (χ0) is 11.0. The summed E-state index contributed by atoms with van der Waals surface area (Å²) in [7, 11) is 2.01. The van der Waals surface area contributed by atoms with E-state index in [1.54, 1.807) is 0 Å². The van der Waals surface area contributed by atoms with Crippen LogP contribution < -0.4 is 11.3 Å². The van der Waals surface area contributed by atoms with Gasteiger partial charge in [0.25, 0.3) is 0 Å². The maximum absolute atomic E-state index is 5.41. The van der Waals surface area contributed by atoms with Gasteiger partial charge >= 0.3 is 0 Å². The highest BCUT2D eigenvalue weighted by molar-refractivity contribution is 5.79. The van der Waals surface area contributed by atoms with Gasteiger partial charge in [-0.2, -0.15) is 0 Å². The molecule has 3 N–H and O–H groups in total. The number of hydrazine groups is 1. The third-order valence-corrected chi connectivity index (χ3v) is 2.26. The number of hydrogen-bond acceptors (Lipinski definition) is 2. The van der Waals surface area contributed by atoms with Gasteiger partial charge < -0.3 is 4.90 Å². The maximum Gasteiger partial charge on any atom is 0.208 e. The number of guanidine groups is 1. The molecule has 4 heteroatoms. The van der Waals surface area contributed by atoms with E-state index in [0.29, 0.717) is 5.92 Å². The molecule has 0 aliphatic rings. The van der Waals surface area contributed by atoms with Crippen LogP contribution in [0.5, 0.6) is 0 Å². The van der Waals surface area contributed by atoms with Crippen LogP contribution in [0, 0.1) is 5.92 Å². The molecule has 0 aromatic heterocycles. The first-order valence-electron chi connectivity index (χ1n) is 5.37. The van der Waals surface area contributed by atoms with Crippen molar-refractivity contribution in [3.63, 3.8) is 0 Å². The van der Waals surface area contributed by atoms with Crippen LogP contribution in [0.3, 0.4) is 0 Å². The van der Waals surface area contributed by atoms with Crippen LogP contribution in [0.25, 0.3) is 0 Å². The van der Waals surface area contributed by atoms with E-state index < -0.39 is 0 Å². The van der Waals surface area contributed by atoms with Gasteiger partial charge in [0, 0.05) is 20.1 Å². The summed E-state index contributed by atoms with van der Waals surface area (Å²) in [6.07, 6.45) is 2.22. The van der Waals surface area contributed by atoms with Gasteiger partial charge in [0.05, 0.1) is 0 Å². The van der Waals surface area contributed by atoms with Crippen LogP contribution in [-0.4, -0.2) is 31.0 Å². The van der Waals surface area contributed by atoms with Crippen molar-refractivity contribution in [2.75, 3.05) is 20.1 Å². The Labute approximate surface area is 87.5 Å². The van der Waals surface area contributed by atoms with E-state index in [4.69, 9.17) is 5.84 Å². The van der Waals surface area contributed by atoms with E-state index in [1.165, 1.54) is 6.42 Å². The standard InChI is InChI=1S/C10H24N4/c1-5-7-12-10(13-11)14(4)8-9(3)6-2/h9H,5-8,11H2,1-4H3,(H,12,13). The van der Waals surface area contributed by atoms with Gasteiger partial charge in [-0.15, -0.1) is 0 Å². The fourth-order valence-corrected chi connectivity index (χ4v) is 1.18. The predicted octanol–water partition coefficient (Wildman–Crippen LogP) is 1.19. The van der Waals surface area contributed by atoms with Gasteiger partial charge in [0.15, 0.2) is 0 Å². The molecular formula is C10H24N4. The molecule has 84 valence electrons. The molecule has 0 saturated heterocycles. The molecule has 14 heavy (non-hydrogen) atoms. The lowest BCUT2D eigenvalue weighted by molar-refractivity contribution is 0.385. The quantitative estimate of drug-likeness (QED) is 0.303. The molecule has 0 aromatic rings. The highest BCUT2D eigenvalue weighted by Crippen LogP contribution is 2.02. The Kier molecular flexibility index (Phi) is 7.20. The minimum absolute atomic E-state index is 0.667. The maximum atomic E-state index is 5.41. The van der Waals surface area contributed by atoms with Crippen LogP contribution in [0.2, 0.25) is 0 Å². The van der Waals surface area contributed by atoms with Gasteiger partial charge in [-0.1, -0.05) is 27.2 Å². The third-order valence-electron chi connectivity index (χ3n) is 2.26. The monoisotopic (exact) mass is 200 g/mol. The van der Waals surface area contributed by atoms with E-state index in [2.05, 4.69) is 36.1 Å². The number of rotatable bonds is 5. The summed E-state index contributed by atoms with van der Waals surface area (Å²) in [6, 6.07) is 0. The Morgan fingerprint density at radius 3 is 2.57 bits per heavy atom. The number of hydrogen-bond donors (Lipinski definition) is 2. The minimum atomic E-state index is 0.667. The second-order valence-corrected chi connectivity index (χ2v) is 3.74. The summed E-state index contributed by atoms with van der Waals surface area (Å²) in [5.41, 5.74) is 2.64. The van der Waals surface area contributed by atoms with Gasteiger partial charge in [-0.05, 0) is 12.3 Å². The number of nitrogens with one attached hydrogen (secondary N) is 1. The average Bonchev–Trinajstić information content (AvgIpc) is 2.18. The van der Waals surface area contributed by atoms with E-state index >= 15 is 0 Å². The molecule has 1 unspecified atom stereocenters. The lowest BCUT2D eigenvalue weighted by Crippen LogP contribution is -2.44. The van der Waals surface area contributed by atoms with Gasteiger partial charge in [0.2, 0.25) is 5.96 Å².